The van der Waals surface area contributed by atoms with Crippen LogP contribution in [0.4, 0.5) is 5.13 Å². The highest BCUT2D eigenvalue weighted by atomic mass is 32.1. The summed E-state index contributed by atoms with van der Waals surface area (Å²) in [6.45, 7) is 10.6. The number of nitrogen functional groups attached to an aromatic ring is 1. The molecule has 0 aromatic carbocycles. The second-order valence-electron chi connectivity index (χ2n) is 8.50. The number of amides is 1. The number of hydrogen-bond donors (Lipinski definition) is 2. The Labute approximate surface area is 160 Å². The maximum atomic E-state index is 12.7. The van der Waals surface area contributed by atoms with Crippen molar-refractivity contribution in [1.82, 2.24) is 9.88 Å². The van der Waals surface area contributed by atoms with E-state index in [2.05, 4.69) is 25.4 Å². The number of likely N-dealkylation sites (N-methyl/N-ethyl adjacent to an activating group) is 1. The van der Waals surface area contributed by atoms with Crippen LogP contribution in [0.25, 0.3) is 0 Å². The molecule has 0 bridgehead atoms. The monoisotopic (exact) mass is 377 g/mol. The van der Waals surface area contributed by atoms with Gasteiger partial charge in [-0.05, 0) is 36.5 Å². The minimum atomic E-state index is -0.504. The van der Waals surface area contributed by atoms with Crippen molar-refractivity contribution in [2.24, 2.45) is 23.2 Å². The molecular formula is C20H31N3O2S. The molecule has 1 aromatic heterocycles. The van der Waals surface area contributed by atoms with E-state index < -0.39 is 6.10 Å². The van der Waals surface area contributed by atoms with Gasteiger partial charge in [0.1, 0.15) is 0 Å². The molecule has 1 fully saturated rings. The van der Waals surface area contributed by atoms with Gasteiger partial charge in [-0.25, -0.2) is 4.98 Å². The molecule has 2 aliphatic rings. The Morgan fingerprint density at radius 2 is 2.31 bits per heavy atom. The first-order valence-corrected chi connectivity index (χ1v) is 10.3. The second kappa shape index (κ2) is 6.97. The third kappa shape index (κ3) is 3.07. The lowest BCUT2D eigenvalue weighted by Crippen LogP contribution is -2.53. The van der Waals surface area contributed by atoms with E-state index in [-0.39, 0.29) is 35.0 Å². The van der Waals surface area contributed by atoms with Crippen molar-refractivity contribution in [2.45, 2.75) is 52.1 Å². The van der Waals surface area contributed by atoms with E-state index in [1.807, 2.05) is 6.92 Å². The molecule has 26 heavy (non-hydrogen) atoms. The van der Waals surface area contributed by atoms with Crippen molar-refractivity contribution in [3.05, 3.63) is 23.2 Å². The van der Waals surface area contributed by atoms with Gasteiger partial charge in [-0.1, -0.05) is 26.8 Å². The number of nitrogens with two attached hydrogens (primary N) is 1. The Hall–Kier alpha value is -1.40. The number of thiazole rings is 1. The third-order valence-corrected chi connectivity index (χ3v) is 7.65. The summed E-state index contributed by atoms with van der Waals surface area (Å²) in [6.07, 6.45) is 4.05. The number of carbonyl (C=O) groups excluding carboxylic acids is 1. The normalized spacial score (nSPS) is 34.5. The highest BCUT2D eigenvalue weighted by Gasteiger charge is 2.53. The van der Waals surface area contributed by atoms with E-state index in [4.69, 9.17) is 5.73 Å². The van der Waals surface area contributed by atoms with Crippen LogP contribution in [0.2, 0.25) is 0 Å². The SMILES string of the molecule is C=CCN(C)C(=O)[C@@H](C)C1CC[C@@]2(C)Cc3sc(N)nc3[C@@H](C)[C@@H]2[C@H]1O. The van der Waals surface area contributed by atoms with Crippen molar-refractivity contribution < 1.29 is 9.90 Å². The molecule has 6 atom stereocenters. The lowest BCUT2D eigenvalue weighted by Gasteiger charge is -2.53. The Bertz CT molecular complexity index is 703. The molecule has 1 aromatic rings. The van der Waals surface area contributed by atoms with E-state index >= 15 is 0 Å². The van der Waals surface area contributed by atoms with Crippen LogP contribution in [0.1, 0.15) is 50.1 Å². The van der Waals surface area contributed by atoms with Crippen LogP contribution in [-0.4, -0.2) is 40.6 Å². The Morgan fingerprint density at radius 3 is 2.96 bits per heavy atom. The van der Waals surface area contributed by atoms with Gasteiger partial charge < -0.3 is 15.7 Å². The molecule has 2 aliphatic carbocycles. The minimum Gasteiger partial charge on any atom is -0.392 e. The maximum absolute atomic E-state index is 12.7. The molecule has 1 amide bonds. The van der Waals surface area contributed by atoms with Gasteiger partial charge in [0.05, 0.1) is 11.8 Å². The highest BCUT2D eigenvalue weighted by molar-refractivity contribution is 7.15. The lowest BCUT2D eigenvalue weighted by atomic mass is 9.53. The zero-order valence-electron chi connectivity index (χ0n) is 16.2. The summed E-state index contributed by atoms with van der Waals surface area (Å²) < 4.78 is 0. The maximum Gasteiger partial charge on any atom is 0.225 e. The van der Waals surface area contributed by atoms with Crippen molar-refractivity contribution in [3.63, 3.8) is 0 Å². The topological polar surface area (TPSA) is 79.5 Å². The number of fused-ring (bicyclic) bond motifs is 2. The number of aromatic nitrogens is 1. The molecule has 0 spiro atoms. The average Bonchev–Trinajstić information content (AvgIpc) is 2.93. The number of carbonyl (C=O) groups is 1. The first-order valence-electron chi connectivity index (χ1n) is 9.48. The quantitative estimate of drug-likeness (QED) is 0.791. The van der Waals surface area contributed by atoms with Gasteiger partial charge in [-0.3, -0.25) is 4.79 Å². The molecule has 1 heterocycles. The van der Waals surface area contributed by atoms with E-state index in [1.54, 1.807) is 29.4 Å². The van der Waals surface area contributed by atoms with Gasteiger partial charge in [0, 0.05) is 30.3 Å². The van der Waals surface area contributed by atoms with Crippen LogP contribution in [-0.2, 0) is 11.2 Å². The second-order valence-corrected chi connectivity index (χ2v) is 9.61. The first kappa shape index (κ1) is 19.4. The summed E-state index contributed by atoms with van der Waals surface area (Å²) >= 11 is 1.59. The molecule has 5 nitrogen and oxygen atoms in total. The van der Waals surface area contributed by atoms with Gasteiger partial charge >= 0.3 is 0 Å². The van der Waals surface area contributed by atoms with E-state index in [9.17, 15) is 9.90 Å². The zero-order chi connectivity index (χ0) is 19.2. The number of nitrogens with zero attached hydrogens (tertiary/aromatic N) is 2. The van der Waals surface area contributed by atoms with E-state index in [1.165, 1.54) is 4.88 Å². The van der Waals surface area contributed by atoms with E-state index in [0.717, 1.165) is 25.0 Å². The van der Waals surface area contributed by atoms with Gasteiger partial charge in [-0.2, -0.15) is 0 Å². The Kier molecular flexibility index (Phi) is 5.19. The number of rotatable bonds is 4. The van der Waals surface area contributed by atoms with Gasteiger partial charge in [0.15, 0.2) is 5.13 Å². The molecular weight excluding hydrogens is 346 g/mol. The summed E-state index contributed by atoms with van der Waals surface area (Å²) in [4.78, 5) is 20.3. The number of anilines is 1. The standard InChI is InChI=1S/C20H31N3O2S/c1-6-9-23(5)18(25)11(2)13-7-8-20(4)10-14-16(22-19(21)26-14)12(3)15(20)17(13)24/h6,11-13,15,17,24H,1,7-10H2,2-5H3,(H2,21,22)/t11-,12-,13?,15+,17-,20-/m0/s1. The van der Waals surface area contributed by atoms with Crippen LogP contribution < -0.4 is 5.73 Å². The summed E-state index contributed by atoms with van der Waals surface area (Å²) in [7, 11) is 1.80. The average molecular weight is 378 g/mol. The van der Waals surface area contributed by atoms with Gasteiger partial charge in [0.2, 0.25) is 5.91 Å². The van der Waals surface area contributed by atoms with Crippen LogP contribution >= 0.6 is 11.3 Å². The van der Waals surface area contributed by atoms with Crippen molar-refractivity contribution in [1.29, 1.82) is 0 Å². The number of hydrogen-bond acceptors (Lipinski definition) is 5. The fraction of sp³-hybridized carbons (Fsp3) is 0.700. The molecule has 0 radical (unpaired) electrons. The number of aliphatic hydroxyl groups is 1. The van der Waals surface area contributed by atoms with Crippen LogP contribution in [0.5, 0.6) is 0 Å². The molecule has 3 N–H and O–H groups in total. The fourth-order valence-corrected chi connectivity index (χ4v) is 6.51. The lowest BCUT2D eigenvalue weighted by molar-refractivity contribution is -0.143. The molecule has 1 unspecified atom stereocenters. The predicted octanol–water partition coefficient (Wildman–Crippen LogP) is 3.06. The van der Waals surface area contributed by atoms with Gasteiger partial charge in [0.25, 0.3) is 0 Å². The molecule has 0 aliphatic heterocycles. The van der Waals surface area contributed by atoms with E-state index in [0.29, 0.717) is 11.7 Å². The molecule has 3 rings (SSSR count). The summed E-state index contributed by atoms with van der Waals surface area (Å²) in [6, 6.07) is 0. The molecule has 144 valence electrons. The predicted molar refractivity (Wildman–Crippen MR) is 106 cm³/mol. The summed E-state index contributed by atoms with van der Waals surface area (Å²) in [5, 5.41) is 11.9. The molecule has 1 saturated carbocycles. The van der Waals surface area contributed by atoms with Gasteiger partial charge in [-0.15, -0.1) is 17.9 Å². The van der Waals surface area contributed by atoms with Crippen LogP contribution in [0.3, 0.4) is 0 Å². The largest absolute Gasteiger partial charge is 0.392 e. The molecule has 0 saturated heterocycles. The van der Waals surface area contributed by atoms with Crippen molar-refractivity contribution in [3.8, 4) is 0 Å². The van der Waals surface area contributed by atoms with Crippen LogP contribution in [0, 0.1) is 23.2 Å². The Balaban J connectivity index is 1.86. The highest BCUT2D eigenvalue weighted by Crippen LogP contribution is 2.57. The van der Waals surface area contributed by atoms with Crippen molar-refractivity contribution in [2.75, 3.05) is 19.3 Å². The zero-order valence-corrected chi connectivity index (χ0v) is 17.1. The summed E-state index contributed by atoms with van der Waals surface area (Å²) in [5.41, 5.74) is 7.04. The Morgan fingerprint density at radius 1 is 1.62 bits per heavy atom. The third-order valence-electron chi connectivity index (χ3n) is 6.75. The van der Waals surface area contributed by atoms with Crippen molar-refractivity contribution >= 4 is 22.4 Å². The summed E-state index contributed by atoms with van der Waals surface area (Å²) in [5.74, 6) is 0.125. The smallest absolute Gasteiger partial charge is 0.225 e. The molecule has 6 heteroatoms. The minimum absolute atomic E-state index is 0.0205. The number of aliphatic hydroxyl groups excluding tert-OH is 1. The van der Waals surface area contributed by atoms with Crippen LogP contribution in [0.15, 0.2) is 12.7 Å². The first-order chi connectivity index (χ1) is 12.2. The fourth-order valence-electron chi connectivity index (χ4n) is 5.38.